The lowest BCUT2D eigenvalue weighted by Crippen LogP contribution is -2.15. The van der Waals surface area contributed by atoms with Gasteiger partial charge >= 0.3 is 5.97 Å². The van der Waals surface area contributed by atoms with Crippen LogP contribution in [0.1, 0.15) is 40.6 Å². The van der Waals surface area contributed by atoms with E-state index in [0.717, 1.165) is 10.4 Å². The Labute approximate surface area is 154 Å². The van der Waals surface area contributed by atoms with E-state index in [9.17, 15) is 9.59 Å². The summed E-state index contributed by atoms with van der Waals surface area (Å²) in [4.78, 5) is 25.2. The third-order valence-electron chi connectivity index (χ3n) is 3.33. The van der Waals surface area contributed by atoms with E-state index in [-0.39, 0.29) is 18.2 Å². The molecule has 2 rings (SSSR count). The van der Waals surface area contributed by atoms with Crippen LogP contribution in [0, 0.1) is 0 Å². The number of carbonyl (C=O) groups is 2. The number of thiophene rings is 1. The molecule has 0 aliphatic rings. The van der Waals surface area contributed by atoms with Crippen LogP contribution in [0.5, 0.6) is 0 Å². The van der Waals surface area contributed by atoms with Crippen LogP contribution in [0.2, 0.25) is 10.0 Å². The van der Waals surface area contributed by atoms with Gasteiger partial charge in [-0.15, -0.1) is 11.3 Å². The van der Waals surface area contributed by atoms with Crippen LogP contribution in [-0.2, 0) is 16.0 Å². The average Bonchev–Trinajstić information content (AvgIpc) is 2.94. The molecule has 1 aromatic heterocycles. The van der Waals surface area contributed by atoms with E-state index in [1.165, 1.54) is 18.4 Å². The fourth-order valence-electron chi connectivity index (χ4n) is 2.05. The number of anilines is 1. The molecule has 7 heteroatoms. The van der Waals surface area contributed by atoms with Crippen LogP contribution in [0.3, 0.4) is 0 Å². The Hall–Kier alpha value is -1.56. The van der Waals surface area contributed by atoms with Gasteiger partial charge in [0.2, 0.25) is 5.91 Å². The van der Waals surface area contributed by atoms with Gasteiger partial charge in [0.05, 0.1) is 29.1 Å². The zero-order valence-corrected chi connectivity index (χ0v) is 15.8. The molecule has 0 aliphatic heterocycles. The number of halogens is 2. The monoisotopic (exact) mass is 385 g/mol. The highest BCUT2D eigenvalue weighted by molar-refractivity contribution is 7.16. The van der Waals surface area contributed by atoms with Crippen LogP contribution < -0.4 is 5.32 Å². The molecule has 0 saturated carbocycles. The van der Waals surface area contributed by atoms with Crippen molar-refractivity contribution in [3.63, 3.8) is 0 Å². The molecule has 4 nitrogen and oxygen atoms in total. The van der Waals surface area contributed by atoms with E-state index < -0.39 is 5.97 Å². The molecular formula is C17H17Cl2NO3S. The van der Waals surface area contributed by atoms with Crippen molar-refractivity contribution in [1.82, 2.24) is 0 Å². The lowest BCUT2D eigenvalue weighted by atomic mass is 10.1. The van der Waals surface area contributed by atoms with Crippen molar-refractivity contribution in [1.29, 1.82) is 0 Å². The minimum atomic E-state index is -0.469. The van der Waals surface area contributed by atoms with Gasteiger partial charge < -0.3 is 10.1 Å². The van der Waals surface area contributed by atoms with E-state index in [1.54, 1.807) is 24.3 Å². The van der Waals surface area contributed by atoms with Gasteiger partial charge in [0.15, 0.2) is 0 Å². The molecule has 0 atom stereocenters. The Morgan fingerprint density at radius 1 is 1.21 bits per heavy atom. The van der Waals surface area contributed by atoms with Crippen LogP contribution in [-0.4, -0.2) is 19.0 Å². The summed E-state index contributed by atoms with van der Waals surface area (Å²) in [7, 11) is 1.32. The van der Waals surface area contributed by atoms with Crippen molar-refractivity contribution in [2.45, 2.75) is 26.2 Å². The third-order valence-corrected chi connectivity index (χ3v) is 5.42. The first kappa shape index (κ1) is 18.8. The molecule has 0 radical (unpaired) electrons. The number of esters is 1. The summed E-state index contributed by atoms with van der Waals surface area (Å²) in [6, 6.07) is 6.80. The minimum absolute atomic E-state index is 0.131. The summed E-state index contributed by atoms with van der Waals surface area (Å²) in [5, 5.41) is 4.12. The summed E-state index contributed by atoms with van der Waals surface area (Å²) in [6.45, 7) is 4.04. The Morgan fingerprint density at radius 3 is 2.50 bits per heavy atom. The zero-order valence-electron chi connectivity index (χ0n) is 13.5. The molecule has 0 saturated heterocycles. The predicted molar refractivity (Wildman–Crippen MR) is 98.5 cm³/mol. The van der Waals surface area contributed by atoms with Crippen molar-refractivity contribution in [2.24, 2.45) is 0 Å². The second-order valence-corrected chi connectivity index (χ2v) is 7.41. The first-order chi connectivity index (χ1) is 11.3. The van der Waals surface area contributed by atoms with Gasteiger partial charge in [-0.05, 0) is 29.7 Å². The molecule has 0 spiro atoms. The lowest BCUT2D eigenvalue weighted by Gasteiger charge is -2.06. The highest BCUT2D eigenvalue weighted by Gasteiger charge is 2.20. The number of methoxy groups -OCH3 is 1. The van der Waals surface area contributed by atoms with Gasteiger partial charge in [0.1, 0.15) is 5.00 Å². The molecule has 1 aromatic carbocycles. The Morgan fingerprint density at radius 2 is 1.92 bits per heavy atom. The van der Waals surface area contributed by atoms with E-state index in [0.29, 0.717) is 20.6 Å². The Kier molecular flexibility index (Phi) is 6.27. The fourth-order valence-corrected chi connectivity index (χ4v) is 3.44. The number of hydrogen-bond donors (Lipinski definition) is 1. The van der Waals surface area contributed by atoms with Crippen molar-refractivity contribution in [3.05, 3.63) is 50.3 Å². The predicted octanol–water partition coefficient (Wildman–Crippen LogP) is 5.15. The maximum atomic E-state index is 12.3. The van der Waals surface area contributed by atoms with Crippen molar-refractivity contribution >= 4 is 51.4 Å². The lowest BCUT2D eigenvalue weighted by molar-refractivity contribution is -0.115. The van der Waals surface area contributed by atoms with E-state index >= 15 is 0 Å². The molecular weight excluding hydrogens is 369 g/mol. The quantitative estimate of drug-likeness (QED) is 0.724. The second kappa shape index (κ2) is 8.01. The highest BCUT2D eigenvalue weighted by Crippen LogP contribution is 2.33. The summed E-state index contributed by atoms with van der Waals surface area (Å²) in [5.74, 6) is -0.460. The molecule has 1 heterocycles. The van der Waals surface area contributed by atoms with Crippen LogP contribution in [0.15, 0.2) is 24.3 Å². The normalized spacial score (nSPS) is 10.8. The molecule has 0 aliphatic carbocycles. The van der Waals surface area contributed by atoms with Crippen LogP contribution in [0.25, 0.3) is 0 Å². The number of carbonyl (C=O) groups excluding carboxylic acids is 2. The summed E-state index contributed by atoms with van der Waals surface area (Å²) in [6.07, 6.45) is 0.131. The highest BCUT2D eigenvalue weighted by atomic mass is 35.5. The van der Waals surface area contributed by atoms with Crippen molar-refractivity contribution < 1.29 is 14.3 Å². The Balaban J connectivity index is 2.18. The number of rotatable bonds is 5. The van der Waals surface area contributed by atoms with Crippen molar-refractivity contribution in [3.8, 4) is 0 Å². The van der Waals surface area contributed by atoms with Gasteiger partial charge in [-0.3, -0.25) is 4.79 Å². The largest absolute Gasteiger partial charge is 0.465 e. The molecule has 128 valence electrons. The molecule has 0 fully saturated rings. The second-order valence-electron chi connectivity index (χ2n) is 5.51. The van der Waals surface area contributed by atoms with Crippen LogP contribution >= 0.6 is 34.5 Å². The molecule has 0 unspecified atom stereocenters. The minimum Gasteiger partial charge on any atom is -0.465 e. The van der Waals surface area contributed by atoms with Crippen molar-refractivity contribution in [2.75, 3.05) is 12.4 Å². The van der Waals surface area contributed by atoms with Gasteiger partial charge in [0, 0.05) is 4.88 Å². The van der Waals surface area contributed by atoms with E-state index in [4.69, 9.17) is 27.9 Å². The number of amides is 1. The number of benzene rings is 1. The van der Waals surface area contributed by atoms with Gasteiger partial charge in [0.25, 0.3) is 0 Å². The summed E-state index contributed by atoms with van der Waals surface area (Å²) >= 11 is 13.2. The molecule has 2 aromatic rings. The zero-order chi connectivity index (χ0) is 17.9. The number of nitrogens with one attached hydrogen (secondary N) is 1. The number of ether oxygens (including phenoxy) is 1. The topological polar surface area (TPSA) is 55.4 Å². The molecule has 0 bridgehead atoms. The smallest absolute Gasteiger partial charge is 0.340 e. The first-order valence-electron chi connectivity index (χ1n) is 7.27. The Bertz CT molecular complexity index is 771. The maximum Gasteiger partial charge on any atom is 0.340 e. The van der Waals surface area contributed by atoms with E-state index in [1.807, 2.05) is 13.8 Å². The molecule has 1 amide bonds. The van der Waals surface area contributed by atoms with Gasteiger partial charge in [-0.1, -0.05) is 43.1 Å². The number of hydrogen-bond acceptors (Lipinski definition) is 4. The standard InChI is InChI=1S/C17H17Cl2NO3S/c1-9(2)14-8-11(17(22)23-3)16(24-14)20-15(21)7-10-4-5-12(18)13(19)6-10/h4-6,8-9H,7H2,1-3H3,(H,20,21). The molecule has 24 heavy (non-hydrogen) atoms. The molecule has 1 N–H and O–H groups in total. The first-order valence-corrected chi connectivity index (χ1v) is 8.85. The van der Waals surface area contributed by atoms with Gasteiger partial charge in [-0.25, -0.2) is 4.79 Å². The summed E-state index contributed by atoms with van der Waals surface area (Å²) < 4.78 is 4.78. The third kappa shape index (κ3) is 4.50. The maximum absolute atomic E-state index is 12.3. The van der Waals surface area contributed by atoms with Crippen LogP contribution in [0.4, 0.5) is 5.00 Å². The SMILES string of the molecule is COC(=O)c1cc(C(C)C)sc1NC(=O)Cc1ccc(Cl)c(Cl)c1. The summed E-state index contributed by atoms with van der Waals surface area (Å²) in [5.41, 5.74) is 1.11. The van der Waals surface area contributed by atoms with E-state index in [2.05, 4.69) is 5.32 Å². The fraction of sp³-hybridized carbons (Fsp3) is 0.294. The van der Waals surface area contributed by atoms with Gasteiger partial charge in [-0.2, -0.15) is 0 Å². The average molecular weight is 386 g/mol.